The van der Waals surface area contributed by atoms with Gasteiger partial charge in [0.1, 0.15) is 17.7 Å². The van der Waals surface area contributed by atoms with E-state index in [1.807, 2.05) is 25.1 Å². The van der Waals surface area contributed by atoms with Gasteiger partial charge in [-0.25, -0.2) is 9.97 Å². The van der Waals surface area contributed by atoms with E-state index in [-0.39, 0.29) is 11.1 Å². The van der Waals surface area contributed by atoms with Crippen LogP contribution in [-0.4, -0.2) is 20.1 Å². The largest absolute Gasteiger partial charge is 0.433 e. The number of fused-ring (bicyclic) bond motifs is 1. The second-order valence-corrected chi connectivity index (χ2v) is 7.81. The molecule has 27 heavy (non-hydrogen) atoms. The lowest BCUT2D eigenvalue weighted by Gasteiger charge is -2.12. The number of hydrogen-bond acceptors (Lipinski definition) is 4. The molecule has 1 saturated carbocycles. The van der Waals surface area contributed by atoms with E-state index in [0.29, 0.717) is 5.69 Å². The summed E-state index contributed by atoms with van der Waals surface area (Å²) in [5, 5.41) is 9.43. The Hall–Kier alpha value is -2.53. The molecule has 0 amide bonds. The number of hydrogen-bond donors (Lipinski definition) is 0. The molecule has 0 saturated heterocycles. The van der Waals surface area contributed by atoms with E-state index < -0.39 is 11.9 Å². The number of rotatable bonds is 4. The van der Waals surface area contributed by atoms with Crippen molar-refractivity contribution in [3.8, 4) is 17.3 Å². The highest BCUT2D eigenvalue weighted by atomic mass is 32.2. The Balaban J connectivity index is 1.79. The van der Waals surface area contributed by atoms with Gasteiger partial charge in [-0.1, -0.05) is 19.1 Å². The third-order valence-electron chi connectivity index (χ3n) is 4.71. The molecule has 1 aliphatic carbocycles. The zero-order valence-corrected chi connectivity index (χ0v) is 15.2. The van der Waals surface area contributed by atoms with Crippen molar-refractivity contribution in [2.75, 3.05) is 5.75 Å². The summed E-state index contributed by atoms with van der Waals surface area (Å²) in [6.45, 7) is 2.03. The highest BCUT2D eigenvalue weighted by molar-refractivity contribution is 7.99. The van der Waals surface area contributed by atoms with Crippen molar-refractivity contribution in [3.05, 3.63) is 48.0 Å². The first-order valence-corrected chi connectivity index (χ1v) is 9.46. The number of thioether (sulfide) groups is 1. The molecule has 4 nitrogen and oxygen atoms in total. The van der Waals surface area contributed by atoms with Gasteiger partial charge >= 0.3 is 6.18 Å². The van der Waals surface area contributed by atoms with E-state index in [9.17, 15) is 18.4 Å². The number of benzene rings is 1. The fourth-order valence-corrected chi connectivity index (χ4v) is 3.92. The van der Waals surface area contributed by atoms with Gasteiger partial charge in [0.15, 0.2) is 0 Å². The predicted molar refractivity (Wildman–Crippen MR) is 96.3 cm³/mol. The average molecular weight is 388 g/mol. The summed E-state index contributed by atoms with van der Waals surface area (Å²) in [5.41, 5.74) is 1.27. The van der Waals surface area contributed by atoms with Crippen LogP contribution in [0.1, 0.15) is 31.0 Å². The minimum atomic E-state index is -4.51. The quantitative estimate of drug-likeness (QED) is 0.585. The zero-order chi connectivity index (χ0) is 19.2. The van der Waals surface area contributed by atoms with Crippen LogP contribution in [0.25, 0.3) is 16.9 Å². The summed E-state index contributed by atoms with van der Waals surface area (Å²) in [5.74, 6) is 0.836. The molecule has 0 aliphatic heterocycles. The van der Waals surface area contributed by atoms with Crippen LogP contribution >= 0.6 is 11.8 Å². The molecule has 4 rings (SSSR count). The monoisotopic (exact) mass is 388 g/mol. The summed E-state index contributed by atoms with van der Waals surface area (Å²) in [7, 11) is 0. The molecule has 138 valence electrons. The van der Waals surface area contributed by atoms with Crippen LogP contribution in [0.3, 0.4) is 0 Å². The fourth-order valence-electron chi connectivity index (χ4n) is 3.07. The van der Waals surface area contributed by atoms with Gasteiger partial charge in [0, 0.05) is 22.7 Å². The standard InChI is InChI=1S/C19H15F3N4S/c1-2-27-15-7-12(18(10-23)5-6-18)3-4-13(15)14-9-26-11-24-16(19(20,21)22)8-17(26)25-14/h3-4,7-9,11H,2,5-6H2,1H3. The van der Waals surface area contributed by atoms with Crippen LogP contribution in [0.15, 0.2) is 41.7 Å². The third kappa shape index (κ3) is 3.16. The molecule has 8 heteroatoms. The number of imidazole rings is 1. The number of nitriles is 1. The zero-order valence-electron chi connectivity index (χ0n) is 14.4. The predicted octanol–water partition coefficient (Wildman–Crippen LogP) is 5.08. The van der Waals surface area contributed by atoms with Crippen LogP contribution < -0.4 is 0 Å². The molecule has 1 fully saturated rings. The first-order chi connectivity index (χ1) is 12.9. The molecule has 0 N–H and O–H groups in total. The molecular formula is C19H15F3N4S. The summed E-state index contributed by atoms with van der Waals surface area (Å²) in [6, 6.07) is 9.19. The second kappa shape index (κ2) is 6.27. The van der Waals surface area contributed by atoms with E-state index in [2.05, 4.69) is 16.0 Å². The maximum Gasteiger partial charge on any atom is 0.433 e. The minimum absolute atomic E-state index is 0.194. The van der Waals surface area contributed by atoms with Crippen molar-refractivity contribution in [2.45, 2.75) is 36.3 Å². The Morgan fingerprint density at radius 2 is 2.07 bits per heavy atom. The van der Waals surface area contributed by atoms with E-state index in [1.54, 1.807) is 18.0 Å². The molecule has 0 spiro atoms. The molecule has 3 aromatic rings. The summed E-state index contributed by atoms with van der Waals surface area (Å²) < 4.78 is 40.1. The van der Waals surface area contributed by atoms with Gasteiger partial charge in [0.25, 0.3) is 0 Å². The van der Waals surface area contributed by atoms with Crippen LogP contribution in [0, 0.1) is 11.3 Å². The Labute approximate surface area is 158 Å². The summed E-state index contributed by atoms with van der Waals surface area (Å²) >= 11 is 1.63. The number of nitrogens with zero attached hydrogens (tertiary/aromatic N) is 4. The van der Waals surface area contributed by atoms with Crippen molar-refractivity contribution in [2.24, 2.45) is 0 Å². The molecule has 1 aromatic carbocycles. The SMILES string of the molecule is CCSc1cc(C2(C#N)CC2)ccc1-c1cn2cnc(C(F)(F)F)cc2n1. The lowest BCUT2D eigenvalue weighted by molar-refractivity contribution is -0.141. The molecule has 0 atom stereocenters. The van der Waals surface area contributed by atoms with Gasteiger partial charge in [-0.05, 0) is 30.2 Å². The minimum Gasteiger partial charge on any atom is -0.290 e. The molecule has 2 aromatic heterocycles. The summed E-state index contributed by atoms with van der Waals surface area (Å²) in [6.07, 6.45) is 0.0200. The first-order valence-electron chi connectivity index (χ1n) is 8.47. The molecular weight excluding hydrogens is 373 g/mol. The molecule has 0 unspecified atom stereocenters. The Kier molecular flexibility index (Phi) is 4.15. The van der Waals surface area contributed by atoms with Gasteiger partial charge in [-0.3, -0.25) is 4.40 Å². The number of aromatic nitrogens is 3. The van der Waals surface area contributed by atoms with Crippen molar-refractivity contribution < 1.29 is 13.2 Å². The van der Waals surface area contributed by atoms with Crippen molar-refractivity contribution >= 4 is 17.4 Å². The van der Waals surface area contributed by atoms with Gasteiger partial charge in [0.05, 0.1) is 17.2 Å². The first kappa shape index (κ1) is 17.9. The molecule has 1 aliphatic rings. The van der Waals surface area contributed by atoms with Gasteiger partial charge < -0.3 is 0 Å². The van der Waals surface area contributed by atoms with Crippen molar-refractivity contribution in [3.63, 3.8) is 0 Å². The van der Waals surface area contributed by atoms with Crippen LogP contribution in [0.4, 0.5) is 13.2 Å². The Bertz CT molecular complexity index is 1060. The molecule has 2 heterocycles. The topological polar surface area (TPSA) is 54.0 Å². The van der Waals surface area contributed by atoms with E-state index in [0.717, 1.165) is 47.0 Å². The highest BCUT2D eigenvalue weighted by Crippen LogP contribution is 2.49. The maximum atomic E-state index is 12.9. The lowest BCUT2D eigenvalue weighted by atomic mass is 9.96. The Morgan fingerprint density at radius 3 is 2.70 bits per heavy atom. The van der Waals surface area contributed by atoms with E-state index in [4.69, 9.17) is 0 Å². The van der Waals surface area contributed by atoms with Gasteiger partial charge in [-0.15, -0.1) is 11.8 Å². The molecule has 0 bridgehead atoms. The number of alkyl halides is 3. The van der Waals surface area contributed by atoms with E-state index >= 15 is 0 Å². The highest BCUT2D eigenvalue weighted by Gasteiger charge is 2.45. The smallest absolute Gasteiger partial charge is 0.290 e. The summed E-state index contributed by atoms with van der Waals surface area (Å²) in [4.78, 5) is 8.81. The van der Waals surface area contributed by atoms with E-state index in [1.165, 1.54) is 4.40 Å². The van der Waals surface area contributed by atoms with Crippen LogP contribution in [0.2, 0.25) is 0 Å². The van der Waals surface area contributed by atoms with Crippen molar-refractivity contribution in [1.29, 1.82) is 5.26 Å². The third-order valence-corrected chi connectivity index (χ3v) is 5.65. The van der Waals surface area contributed by atoms with Gasteiger partial charge in [-0.2, -0.15) is 18.4 Å². The van der Waals surface area contributed by atoms with Gasteiger partial charge in [0.2, 0.25) is 0 Å². The number of halogens is 3. The fraction of sp³-hybridized carbons (Fsp3) is 0.316. The lowest BCUT2D eigenvalue weighted by Crippen LogP contribution is -2.08. The maximum absolute atomic E-state index is 12.9. The normalized spacial score (nSPS) is 15.7. The van der Waals surface area contributed by atoms with Crippen LogP contribution in [-0.2, 0) is 11.6 Å². The Morgan fingerprint density at radius 1 is 1.30 bits per heavy atom. The average Bonchev–Trinajstić information content (AvgIpc) is 3.32. The molecule has 0 radical (unpaired) electrons. The van der Waals surface area contributed by atoms with Crippen LogP contribution in [0.5, 0.6) is 0 Å². The second-order valence-electron chi connectivity index (χ2n) is 6.50. The van der Waals surface area contributed by atoms with Crippen molar-refractivity contribution in [1.82, 2.24) is 14.4 Å².